The molecule has 1 aliphatic heterocycles. The van der Waals surface area contributed by atoms with Crippen LogP contribution in [-0.2, 0) is 4.79 Å². The summed E-state index contributed by atoms with van der Waals surface area (Å²) >= 11 is 0. The minimum Gasteiger partial charge on any atom is -0.490 e. The van der Waals surface area contributed by atoms with Gasteiger partial charge in [-0.15, -0.1) is 0 Å². The lowest BCUT2D eigenvalue weighted by molar-refractivity contribution is -0.135. The van der Waals surface area contributed by atoms with E-state index in [1.54, 1.807) is 12.1 Å². The molecule has 4 nitrogen and oxygen atoms in total. The summed E-state index contributed by atoms with van der Waals surface area (Å²) in [6.07, 6.45) is 7.11. The molecule has 3 fully saturated rings. The van der Waals surface area contributed by atoms with Crippen molar-refractivity contribution in [3.05, 3.63) is 29.8 Å². The van der Waals surface area contributed by atoms with Crippen LogP contribution < -0.4 is 4.74 Å². The van der Waals surface area contributed by atoms with Crippen molar-refractivity contribution < 1.29 is 9.53 Å². The van der Waals surface area contributed by atoms with E-state index in [1.165, 1.54) is 25.7 Å². The zero-order valence-electron chi connectivity index (χ0n) is 14.0. The van der Waals surface area contributed by atoms with Gasteiger partial charge in [-0.1, -0.05) is 12.8 Å². The molecule has 0 radical (unpaired) electrons. The fourth-order valence-corrected chi connectivity index (χ4v) is 4.56. The van der Waals surface area contributed by atoms with Gasteiger partial charge in [0, 0.05) is 31.8 Å². The second-order valence-corrected chi connectivity index (χ2v) is 7.42. The Bertz CT molecular complexity index is 629. The number of benzene rings is 1. The molecule has 0 spiro atoms. The van der Waals surface area contributed by atoms with Crippen molar-refractivity contribution in [3.8, 4) is 11.8 Å². The van der Waals surface area contributed by atoms with Crippen LogP contribution in [0.15, 0.2) is 24.3 Å². The van der Waals surface area contributed by atoms with Crippen molar-refractivity contribution in [2.75, 3.05) is 13.1 Å². The molecule has 1 saturated heterocycles. The first kappa shape index (κ1) is 15.5. The third-order valence-corrected chi connectivity index (χ3v) is 5.98. The molecule has 0 N–H and O–H groups in total. The fraction of sp³-hybridized carbons (Fsp3) is 0.600. The van der Waals surface area contributed by atoms with E-state index >= 15 is 0 Å². The highest BCUT2D eigenvalue weighted by molar-refractivity contribution is 5.82. The Kier molecular flexibility index (Phi) is 4.18. The second-order valence-electron chi connectivity index (χ2n) is 7.42. The molecule has 1 aromatic rings. The van der Waals surface area contributed by atoms with Gasteiger partial charge in [0.05, 0.1) is 11.6 Å². The van der Waals surface area contributed by atoms with E-state index < -0.39 is 0 Å². The van der Waals surface area contributed by atoms with Crippen LogP contribution in [0.3, 0.4) is 0 Å². The molecule has 1 amide bonds. The molecule has 2 saturated carbocycles. The average molecular weight is 324 g/mol. The molecule has 1 heterocycles. The number of hydrogen-bond donors (Lipinski definition) is 0. The number of hydrogen-bond acceptors (Lipinski definition) is 3. The number of piperidine rings is 1. The minimum absolute atomic E-state index is 0.170. The van der Waals surface area contributed by atoms with E-state index in [-0.39, 0.29) is 6.10 Å². The lowest BCUT2D eigenvalue weighted by atomic mass is 10.0. The SMILES string of the molecule is N#Cc1ccc(OC2CCN(C(=O)C3[C@H]4CCCC[C@@H]34)CC2)cc1. The van der Waals surface area contributed by atoms with Gasteiger partial charge in [0.15, 0.2) is 0 Å². The van der Waals surface area contributed by atoms with Crippen molar-refractivity contribution in [1.29, 1.82) is 5.26 Å². The molecule has 0 bridgehead atoms. The maximum Gasteiger partial charge on any atom is 0.226 e. The number of fused-ring (bicyclic) bond motifs is 1. The van der Waals surface area contributed by atoms with Gasteiger partial charge in [0.1, 0.15) is 11.9 Å². The zero-order valence-corrected chi connectivity index (χ0v) is 14.0. The van der Waals surface area contributed by atoms with E-state index in [1.807, 2.05) is 12.1 Å². The van der Waals surface area contributed by atoms with Crippen LogP contribution in [0.2, 0.25) is 0 Å². The molecule has 2 aliphatic carbocycles. The Morgan fingerprint density at radius 2 is 1.67 bits per heavy atom. The lowest BCUT2D eigenvalue weighted by Gasteiger charge is -2.32. The maximum absolute atomic E-state index is 12.7. The Morgan fingerprint density at radius 3 is 2.25 bits per heavy atom. The van der Waals surface area contributed by atoms with E-state index in [0.717, 1.165) is 31.7 Å². The summed E-state index contributed by atoms with van der Waals surface area (Å²) in [4.78, 5) is 14.8. The molecule has 4 rings (SSSR count). The predicted octanol–water partition coefficient (Wildman–Crippen LogP) is 3.36. The van der Waals surface area contributed by atoms with Crippen molar-refractivity contribution in [2.24, 2.45) is 17.8 Å². The molecule has 0 aromatic heterocycles. The summed E-state index contributed by atoms with van der Waals surface area (Å²) in [5.41, 5.74) is 0.647. The van der Waals surface area contributed by atoms with Gasteiger partial charge in [-0.05, 0) is 48.9 Å². The number of amides is 1. The van der Waals surface area contributed by atoms with E-state index in [4.69, 9.17) is 10.00 Å². The number of rotatable bonds is 3. The van der Waals surface area contributed by atoms with Gasteiger partial charge in [-0.25, -0.2) is 0 Å². The van der Waals surface area contributed by atoms with Crippen LogP contribution >= 0.6 is 0 Å². The molecular formula is C20H24N2O2. The van der Waals surface area contributed by atoms with Gasteiger partial charge < -0.3 is 9.64 Å². The van der Waals surface area contributed by atoms with Crippen molar-refractivity contribution >= 4 is 5.91 Å². The molecule has 3 atom stereocenters. The average Bonchev–Trinajstić information content (AvgIpc) is 3.37. The third kappa shape index (κ3) is 3.00. The molecule has 4 heteroatoms. The monoisotopic (exact) mass is 324 g/mol. The number of ether oxygens (including phenoxy) is 1. The maximum atomic E-state index is 12.7. The highest BCUT2D eigenvalue weighted by Crippen LogP contribution is 2.56. The smallest absolute Gasteiger partial charge is 0.226 e. The van der Waals surface area contributed by atoms with E-state index in [2.05, 4.69) is 11.0 Å². The van der Waals surface area contributed by atoms with Crippen LogP contribution in [0.1, 0.15) is 44.1 Å². The first-order valence-electron chi connectivity index (χ1n) is 9.22. The van der Waals surface area contributed by atoms with Crippen molar-refractivity contribution in [1.82, 2.24) is 4.90 Å². The van der Waals surface area contributed by atoms with Gasteiger partial charge >= 0.3 is 0 Å². The molecular weight excluding hydrogens is 300 g/mol. The summed E-state index contributed by atoms with van der Waals surface area (Å²) in [6, 6.07) is 9.38. The third-order valence-electron chi connectivity index (χ3n) is 5.98. The second kappa shape index (κ2) is 6.47. The van der Waals surface area contributed by atoms with Crippen molar-refractivity contribution in [2.45, 2.75) is 44.6 Å². The standard InChI is InChI=1S/C20H24N2O2/c21-13-14-5-7-15(8-6-14)24-16-9-11-22(12-10-16)20(23)19-17-3-1-2-4-18(17)19/h5-8,16-19H,1-4,9-12H2/t17-,18+,19?. The lowest BCUT2D eigenvalue weighted by Crippen LogP contribution is -2.42. The van der Waals surface area contributed by atoms with Crippen LogP contribution in [0, 0.1) is 29.1 Å². The highest BCUT2D eigenvalue weighted by Gasteiger charge is 2.55. The van der Waals surface area contributed by atoms with Crippen LogP contribution in [0.5, 0.6) is 5.75 Å². The summed E-state index contributed by atoms with van der Waals surface area (Å²) < 4.78 is 6.01. The van der Waals surface area contributed by atoms with Gasteiger partial charge in [-0.3, -0.25) is 4.79 Å². The number of nitriles is 1. The van der Waals surface area contributed by atoms with Crippen LogP contribution in [0.25, 0.3) is 0 Å². The van der Waals surface area contributed by atoms with Gasteiger partial charge in [-0.2, -0.15) is 5.26 Å². The Labute approximate surface area is 143 Å². The largest absolute Gasteiger partial charge is 0.490 e. The molecule has 3 aliphatic rings. The van der Waals surface area contributed by atoms with Gasteiger partial charge in [0.25, 0.3) is 0 Å². The molecule has 126 valence electrons. The van der Waals surface area contributed by atoms with Gasteiger partial charge in [0.2, 0.25) is 5.91 Å². The quantitative estimate of drug-likeness (QED) is 0.856. The first-order chi connectivity index (χ1) is 11.8. The normalized spacial score (nSPS) is 29.5. The molecule has 24 heavy (non-hydrogen) atoms. The van der Waals surface area contributed by atoms with Crippen LogP contribution in [-0.4, -0.2) is 30.0 Å². The minimum atomic E-state index is 0.170. The number of likely N-dealkylation sites (tertiary alicyclic amines) is 1. The Balaban J connectivity index is 1.27. The summed E-state index contributed by atoms with van der Waals surface area (Å²) in [6.45, 7) is 1.63. The van der Waals surface area contributed by atoms with Crippen LogP contribution in [0.4, 0.5) is 0 Å². The molecule has 1 unspecified atom stereocenters. The highest BCUT2D eigenvalue weighted by atomic mass is 16.5. The van der Waals surface area contributed by atoms with E-state index in [0.29, 0.717) is 29.2 Å². The first-order valence-corrected chi connectivity index (χ1v) is 9.22. The summed E-state index contributed by atoms with van der Waals surface area (Å²) in [7, 11) is 0. The summed E-state index contributed by atoms with van der Waals surface area (Å²) in [5.74, 6) is 2.94. The Morgan fingerprint density at radius 1 is 1.04 bits per heavy atom. The zero-order chi connectivity index (χ0) is 16.5. The van der Waals surface area contributed by atoms with E-state index in [9.17, 15) is 4.79 Å². The number of carbonyl (C=O) groups excluding carboxylic acids is 1. The topological polar surface area (TPSA) is 53.3 Å². The Hall–Kier alpha value is -2.02. The fourth-order valence-electron chi connectivity index (χ4n) is 4.56. The van der Waals surface area contributed by atoms with Crippen molar-refractivity contribution in [3.63, 3.8) is 0 Å². The predicted molar refractivity (Wildman–Crippen MR) is 90.3 cm³/mol. The number of nitrogens with zero attached hydrogens (tertiary/aromatic N) is 2. The molecule has 1 aromatic carbocycles. The number of carbonyl (C=O) groups is 1. The summed E-state index contributed by atoms with van der Waals surface area (Å²) in [5, 5.41) is 8.83.